The number of hydrazone groups is 1. The molecule has 3 aliphatic heterocycles. The van der Waals surface area contributed by atoms with Crippen molar-refractivity contribution in [1.29, 1.82) is 0 Å². The van der Waals surface area contributed by atoms with Crippen molar-refractivity contribution in [3.8, 4) is 0 Å². The molecule has 2 unspecified atom stereocenters. The van der Waals surface area contributed by atoms with E-state index in [2.05, 4.69) is 10.5 Å². The second kappa shape index (κ2) is 5.61. The predicted octanol–water partition coefficient (Wildman–Crippen LogP) is 1.43. The summed E-state index contributed by atoms with van der Waals surface area (Å²) in [5, 5.41) is 3.25. The van der Waals surface area contributed by atoms with E-state index in [-0.39, 0.29) is 11.8 Å². The Morgan fingerprint density at radius 3 is 2.05 bits per heavy atom. The zero-order chi connectivity index (χ0) is 15.0. The number of para-hydroxylation sites is 1. The maximum atomic E-state index is 12.2. The van der Waals surface area contributed by atoms with Gasteiger partial charge in [0.25, 0.3) is 11.8 Å². The van der Waals surface area contributed by atoms with Gasteiger partial charge in [0.05, 0.1) is 5.69 Å². The summed E-state index contributed by atoms with van der Waals surface area (Å²) in [5.74, 6) is -0.131. The van der Waals surface area contributed by atoms with E-state index in [0.29, 0.717) is 4.38 Å². The van der Waals surface area contributed by atoms with Crippen LogP contribution in [0.4, 0.5) is 5.69 Å². The molecule has 2 bridgehead atoms. The molecule has 0 saturated carbocycles. The van der Waals surface area contributed by atoms with Crippen LogP contribution in [0.2, 0.25) is 0 Å². The SMILES string of the molecule is CN1C(=O)C2SC(=NNc3ccccc3)SC1C(=O)N2C. The Balaban J connectivity index is 1.83. The maximum Gasteiger partial charge on any atom is 0.257 e. The van der Waals surface area contributed by atoms with Gasteiger partial charge < -0.3 is 9.80 Å². The molecule has 8 heteroatoms. The van der Waals surface area contributed by atoms with Gasteiger partial charge in [0.2, 0.25) is 0 Å². The topological polar surface area (TPSA) is 65.0 Å². The first-order valence-corrected chi connectivity index (χ1v) is 8.09. The highest BCUT2D eigenvalue weighted by Crippen LogP contribution is 2.39. The first-order valence-electron chi connectivity index (χ1n) is 6.33. The number of hydrogen-bond acceptors (Lipinski definition) is 6. The van der Waals surface area contributed by atoms with Gasteiger partial charge in [-0.05, 0) is 12.1 Å². The maximum absolute atomic E-state index is 12.2. The molecule has 2 amide bonds. The van der Waals surface area contributed by atoms with Crippen LogP contribution >= 0.6 is 23.5 Å². The first kappa shape index (κ1) is 14.3. The highest BCUT2D eigenvalue weighted by Gasteiger charge is 2.48. The number of thioether (sulfide) groups is 2. The van der Waals surface area contributed by atoms with Crippen LogP contribution < -0.4 is 5.43 Å². The molecule has 3 heterocycles. The number of hydrogen-bond donors (Lipinski definition) is 1. The Hall–Kier alpha value is -1.67. The van der Waals surface area contributed by atoms with Gasteiger partial charge in [-0.25, -0.2) is 0 Å². The molecule has 4 rings (SSSR count). The Morgan fingerprint density at radius 2 is 1.52 bits per heavy atom. The van der Waals surface area contributed by atoms with E-state index in [1.54, 1.807) is 14.1 Å². The number of nitrogens with zero attached hydrogens (tertiary/aromatic N) is 3. The number of fused-ring (bicyclic) bond motifs is 4. The summed E-state index contributed by atoms with van der Waals surface area (Å²) < 4.78 is 0.684. The molecule has 0 aromatic heterocycles. The number of carbonyl (C=O) groups excluding carboxylic acids is 2. The number of likely N-dealkylation sites (N-methyl/N-ethyl adjacent to an activating group) is 2. The van der Waals surface area contributed by atoms with Crippen molar-refractivity contribution in [2.45, 2.75) is 10.7 Å². The lowest BCUT2D eigenvalue weighted by Crippen LogP contribution is -2.58. The fourth-order valence-electron chi connectivity index (χ4n) is 2.06. The minimum Gasteiger partial charge on any atom is -0.322 e. The number of carbonyl (C=O) groups is 2. The van der Waals surface area contributed by atoms with Gasteiger partial charge in [0.15, 0.2) is 15.1 Å². The quantitative estimate of drug-likeness (QED) is 0.835. The summed E-state index contributed by atoms with van der Waals surface area (Å²) in [7, 11) is 3.32. The van der Waals surface area contributed by atoms with Crippen molar-refractivity contribution in [2.24, 2.45) is 5.10 Å². The monoisotopic (exact) mass is 322 g/mol. The molecule has 1 aromatic rings. The summed E-state index contributed by atoms with van der Waals surface area (Å²) in [6, 6.07) is 9.55. The van der Waals surface area contributed by atoms with Crippen LogP contribution in [0.5, 0.6) is 0 Å². The molecular weight excluding hydrogens is 308 g/mol. The van der Waals surface area contributed by atoms with Crippen LogP contribution in [0, 0.1) is 0 Å². The van der Waals surface area contributed by atoms with Crippen molar-refractivity contribution in [3.05, 3.63) is 30.3 Å². The Labute approximate surface area is 130 Å². The Kier molecular flexibility index (Phi) is 3.81. The summed E-state index contributed by atoms with van der Waals surface area (Å²) in [6.45, 7) is 0. The van der Waals surface area contributed by atoms with Gasteiger partial charge >= 0.3 is 0 Å². The molecule has 3 aliphatic rings. The first-order chi connectivity index (χ1) is 10.1. The summed E-state index contributed by atoms with van der Waals surface area (Å²) >= 11 is 2.60. The highest BCUT2D eigenvalue weighted by molar-refractivity contribution is 8.40. The summed E-state index contributed by atoms with van der Waals surface area (Å²) in [6.07, 6.45) is 0. The molecular formula is C13H14N4O2S2. The molecule has 0 spiro atoms. The van der Waals surface area contributed by atoms with Crippen LogP contribution in [0.25, 0.3) is 0 Å². The van der Waals surface area contributed by atoms with Crippen molar-refractivity contribution in [3.63, 3.8) is 0 Å². The lowest BCUT2D eigenvalue weighted by atomic mass is 10.3. The second-order valence-corrected chi connectivity index (χ2v) is 7.09. The van der Waals surface area contributed by atoms with Crippen LogP contribution in [0.1, 0.15) is 0 Å². The van der Waals surface area contributed by atoms with E-state index < -0.39 is 10.7 Å². The molecule has 2 atom stereocenters. The van der Waals surface area contributed by atoms with Crippen LogP contribution in [0.15, 0.2) is 35.4 Å². The number of piperazine rings is 1. The molecule has 1 N–H and O–H groups in total. The number of nitrogens with one attached hydrogen (secondary N) is 1. The highest BCUT2D eigenvalue weighted by atomic mass is 32.2. The number of benzene rings is 1. The summed E-state index contributed by atoms with van der Waals surface area (Å²) in [4.78, 5) is 27.4. The van der Waals surface area contributed by atoms with E-state index in [4.69, 9.17) is 0 Å². The Bertz CT molecular complexity index is 577. The minimum absolute atomic E-state index is 0.0653. The fourth-order valence-corrected chi connectivity index (χ4v) is 4.47. The largest absolute Gasteiger partial charge is 0.322 e. The number of anilines is 1. The van der Waals surface area contributed by atoms with E-state index >= 15 is 0 Å². The van der Waals surface area contributed by atoms with E-state index in [1.807, 2.05) is 30.3 Å². The third kappa shape index (κ3) is 2.60. The molecule has 6 nitrogen and oxygen atoms in total. The van der Waals surface area contributed by atoms with Gasteiger partial charge in [-0.2, -0.15) is 5.10 Å². The van der Waals surface area contributed by atoms with Crippen molar-refractivity contribution < 1.29 is 9.59 Å². The van der Waals surface area contributed by atoms with Gasteiger partial charge in [0, 0.05) is 14.1 Å². The van der Waals surface area contributed by atoms with Crippen molar-refractivity contribution in [1.82, 2.24) is 9.80 Å². The van der Waals surface area contributed by atoms with Gasteiger partial charge in [-0.15, -0.1) is 0 Å². The normalized spacial score (nSPS) is 25.1. The van der Waals surface area contributed by atoms with Crippen LogP contribution in [-0.4, -0.2) is 50.8 Å². The molecule has 3 fully saturated rings. The van der Waals surface area contributed by atoms with Crippen molar-refractivity contribution in [2.75, 3.05) is 19.5 Å². The van der Waals surface area contributed by atoms with Gasteiger partial charge in [0.1, 0.15) is 0 Å². The number of amides is 2. The molecule has 3 saturated heterocycles. The lowest BCUT2D eigenvalue weighted by Gasteiger charge is -2.36. The molecule has 0 aliphatic carbocycles. The van der Waals surface area contributed by atoms with Gasteiger partial charge in [-0.3, -0.25) is 15.0 Å². The zero-order valence-electron chi connectivity index (χ0n) is 11.5. The van der Waals surface area contributed by atoms with Gasteiger partial charge in [-0.1, -0.05) is 41.7 Å². The number of rotatable bonds is 2. The van der Waals surface area contributed by atoms with E-state index in [9.17, 15) is 9.59 Å². The third-order valence-corrected chi connectivity index (χ3v) is 5.94. The third-order valence-electron chi connectivity index (χ3n) is 3.30. The lowest BCUT2D eigenvalue weighted by molar-refractivity contribution is -0.150. The molecule has 0 radical (unpaired) electrons. The minimum atomic E-state index is -0.537. The van der Waals surface area contributed by atoms with Crippen molar-refractivity contribution >= 4 is 45.4 Å². The smallest absolute Gasteiger partial charge is 0.257 e. The second-order valence-electron chi connectivity index (χ2n) is 4.69. The summed E-state index contributed by atoms with van der Waals surface area (Å²) in [5.41, 5.74) is 3.82. The molecule has 21 heavy (non-hydrogen) atoms. The molecule has 110 valence electrons. The standard InChI is InChI=1S/C13H14N4O2S2/c1-16-9(18)12-17(2)10(19)11(16)20-13(21-12)15-14-8-6-4-3-5-7-8/h3-7,11-12,14H,1-2H3. The van der Waals surface area contributed by atoms with E-state index in [0.717, 1.165) is 5.69 Å². The zero-order valence-corrected chi connectivity index (χ0v) is 13.1. The molecule has 1 aromatic carbocycles. The average Bonchev–Trinajstić information content (AvgIpc) is 2.71. The van der Waals surface area contributed by atoms with E-state index in [1.165, 1.54) is 33.3 Å². The average molecular weight is 322 g/mol. The van der Waals surface area contributed by atoms with Crippen LogP contribution in [-0.2, 0) is 9.59 Å². The van der Waals surface area contributed by atoms with Crippen LogP contribution in [0.3, 0.4) is 0 Å². The predicted molar refractivity (Wildman–Crippen MR) is 85.8 cm³/mol. The Morgan fingerprint density at radius 1 is 1.00 bits per heavy atom. The fraction of sp³-hybridized carbons (Fsp3) is 0.308.